The average molecular weight is 422 g/mol. The van der Waals surface area contributed by atoms with Crippen LogP contribution in [0.3, 0.4) is 0 Å². The van der Waals surface area contributed by atoms with E-state index >= 15 is 0 Å². The molecule has 28 heavy (non-hydrogen) atoms. The van der Waals surface area contributed by atoms with Gasteiger partial charge in [-0.3, -0.25) is 9.40 Å². The van der Waals surface area contributed by atoms with Crippen molar-refractivity contribution < 1.29 is 17.9 Å². The van der Waals surface area contributed by atoms with Crippen LogP contribution in [0.5, 0.6) is 11.5 Å². The average Bonchev–Trinajstić information content (AvgIpc) is 2.99. The van der Waals surface area contributed by atoms with Gasteiger partial charge in [0.1, 0.15) is 5.75 Å². The molecule has 2 aromatic carbocycles. The maximum atomic E-state index is 12.8. The molecule has 0 amide bonds. The maximum absolute atomic E-state index is 12.8. The number of nitrogens with one attached hydrogen (secondary N) is 1. The molecule has 0 atom stereocenters. The number of hydrogen-bond donors (Lipinski definition) is 1. The van der Waals surface area contributed by atoms with Crippen LogP contribution >= 0.6 is 11.6 Å². The predicted molar refractivity (Wildman–Crippen MR) is 110 cm³/mol. The fraction of sp³-hybridized carbons (Fsp3) is 0.211. The van der Waals surface area contributed by atoms with Gasteiger partial charge in [-0.15, -0.1) is 6.58 Å². The highest BCUT2D eigenvalue weighted by Gasteiger charge is 2.21. The fourth-order valence-corrected chi connectivity index (χ4v) is 4.13. The lowest BCUT2D eigenvalue weighted by atomic mass is 10.2. The molecule has 3 rings (SSSR count). The Labute approximate surface area is 168 Å². The first-order valence-corrected chi connectivity index (χ1v) is 10.4. The van der Waals surface area contributed by atoms with Gasteiger partial charge in [0.25, 0.3) is 10.0 Å². The van der Waals surface area contributed by atoms with Gasteiger partial charge in [0.2, 0.25) is 0 Å². The number of hydrogen-bond acceptors (Lipinski definition) is 5. The number of ether oxygens (including phenoxy) is 2. The molecule has 0 aliphatic heterocycles. The number of rotatable bonds is 8. The molecular formula is C19H20ClN3O4S. The van der Waals surface area contributed by atoms with E-state index in [-0.39, 0.29) is 15.7 Å². The second-order valence-electron chi connectivity index (χ2n) is 5.81. The summed E-state index contributed by atoms with van der Waals surface area (Å²) < 4.78 is 40.7. The number of allylic oxidation sites excluding steroid dienone is 1. The third-order valence-corrected chi connectivity index (χ3v) is 5.68. The van der Waals surface area contributed by atoms with Gasteiger partial charge in [-0.2, -0.15) is 5.10 Å². The minimum Gasteiger partial charge on any atom is -0.497 e. The molecule has 0 aliphatic rings. The van der Waals surface area contributed by atoms with E-state index < -0.39 is 10.0 Å². The van der Waals surface area contributed by atoms with Crippen LogP contribution in [0.1, 0.15) is 6.92 Å². The van der Waals surface area contributed by atoms with Crippen molar-refractivity contribution in [3.8, 4) is 11.5 Å². The van der Waals surface area contributed by atoms with Gasteiger partial charge in [-0.1, -0.05) is 17.7 Å². The SMILES string of the molecule is C=CCn1nc(Cl)c2c(OCC)c(NS(=O)(=O)c3ccc(OC)cc3)ccc21. The van der Waals surface area contributed by atoms with Gasteiger partial charge in [0, 0.05) is 0 Å². The Kier molecular flexibility index (Phi) is 5.81. The van der Waals surface area contributed by atoms with Gasteiger partial charge in [0.05, 0.1) is 41.7 Å². The molecule has 1 heterocycles. The minimum absolute atomic E-state index is 0.101. The van der Waals surface area contributed by atoms with E-state index in [0.29, 0.717) is 30.0 Å². The zero-order valence-corrected chi connectivity index (χ0v) is 17.0. The molecule has 0 bridgehead atoms. The highest BCUT2D eigenvalue weighted by Crippen LogP contribution is 2.39. The molecule has 1 N–H and O–H groups in total. The lowest BCUT2D eigenvalue weighted by Crippen LogP contribution is -2.14. The summed E-state index contributed by atoms with van der Waals surface area (Å²) in [7, 11) is -2.32. The number of sulfonamides is 1. The number of methoxy groups -OCH3 is 1. The van der Waals surface area contributed by atoms with Gasteiger partial charge in [-0.05, 0) is 43.3 Å². The summed E-state index contributed by atoms with van der Waals surface area (Å²) in [4.78, 5) is 0.101. The molecule has 148 valence electrons. The fourth-order valence-electron chi connectivity index (χ4n) is 2.79. The molecule has 7 nitrogen and oxygen atoms in total. The van der Waals surface area contributed by atoms with Crippen molar-refractivity contribution in [3.05, 3.63) is 54.2 Å². The lowest BCUT2D eigenvalue weighted by molar-refractivity contribution is 0.346. The third kappa shape index (κ3) is 3.79. The first-order valence-electron chi connectivity index (χ1n) is 8.50. The van der Waals surface area contributed by atoms with Crippen molar-refractivity contribution in [1.29, 1.82) is 0 Å². The molecule has 1 aromatic heterocycles. The van der Waals surface area contributed by atoms with Crippen LogP contribution in [0.15, 0.2) is 53.9 Å². The Hall–Kier alpha value is -2.71. The topological polar surface area (TPSA) is 82.5 Å². The van der Waals surface area contributed by atoms with Crippen molar-refractivity contribution in [2.45, 2.75) is 18.4 Å². The molecule has 0 aliphatic carbocycles. The lowest BCUT2D eigenvalue weighted by Gasteiger charge is -2.14. The summed E-state index contributed by atoms with van der Waals surface area (Å²) in [5.41, 5.74) is 1.01. The number of aromatic nitrogens is 2. The standard InChI is InChI=1S/C19H20ClN3O4S/c1-4-12-23-16-11-10-15(18(27-5-2)17(16)19(20)21-23)22-28(24,25)14-8-6-13(26-3)7-9-14/h4,6-11,22H,1,5,12H2,2-3H3. The summed E-state index contributed by atoms with van der Waals surface area (Å²) in [5.74, 6) is 0.897. The van der Waals surface area contributed by atoms with E-state index in [1.165, 1.54) is 19.2 Å². The van der Waals surface area contributed by atoms with Gasteiger partial charge in [-0.25, -0.2) is 8.42 Å². The molecule has 0 fully saturated rings. The van der Waals surface area contributed by atoms with E-state index in [0.717, 1.165) is 5.52 Å². The highest BCUT2D eigenvalue weighted by molar-refractivity contribution is 7.92. The molecule has 0 radical (unpaired) electrons. The molecule has 0 saturated heterocycles. The van der Waals surface area contributed by atoms with Crippen LogP contribution in [-0.2, 0) is 16.6 Å². The van der Waals surface area contributed by atoms with Crippen LogP contribution in [0, 0.1) is 0 Å². The Morgan fingerprint density at radius 3 is 2.57 bits per heavy atom. The van der Waals surface area contributed by atoms with E-state index in [1.807, 2.05) is 6.92 Å². The maximum Gasteiger partial charge on any atom is 0.262 e. The first-order chi connectivity index (χ1) is 13.4. The van der Waals surface area contributed by atoms with Crippen LogP contribution in [0.25, 0.3) is 10.9 Å². The number of fused-ring (bicyclic) bond motifs is 1. The quantitative estimate of drug-likeness (QED) is 0.554. The Morgan fingerprint density at radius 2 is 1.96 bits per heavy atom. The molecule has 0 spiro atoms. The van der Waals surface area contributed by atoms with Gasteiger partial charge < -0.3 is 9.47 Å². The Bertz CT molecular complexity index is 1110. The third-order valence-electron chi connectivity index (χ3n) is 4.03. The second-order valence-corrected chi connectivity index (χ2v) is 7.85. The Balaban J connectivity index is 2.07. The van der Waals surface area contributed by atoms with Gasteiger partial charge in [0.15, 0.2) is 10.9 Å². The van der Waals surface area contributed by atoms with Crippen LogP contribution < -0.4 is 14.2 Å². The molecule has 0 unspecified atom stereocenters. The Morgan fingerprint density at radius 1 is 1.25 bits per heavy atom. The molecular weight excluding hydrogens is 402 g/mol. The summed E-state index contributed by atoms with van der Waals surface area (Å²) >= 11 is 6.31. The van der Waals surface area contributed by atoms with E-state index in [4.69, 9.17) is 21.1 Å². The summed E-state index contributed by atoms with van der Waals surface area (Å²) in [6.07, 6.45) is 1.70. The van der Waals surface area contributed by atoms with Crippen molar-refractivity contribution in [1.82, 2.24) is 9.78 Å². The first kappa shape index (κ1) is 20.0. The number of halogens is 1. The van der Waals surface area contributed by atoms with Crippen molar-refractivity contribution >= 4 is 38.2 Å². The second kappa shape index (κ2) is 8.12. The van der Waals surface area contributed by atoms with Crippen molar-refractivity contribution in [2.24, 2.45) is 0 Å². The summed E-state index contributed by atoms with van der Waals surface area (Å²) in [6, 6.07) is 9.47. The molecule has 3 aromatic rings. The minimum atomic E-state index is -3.84. The number of anilines is 1. The molecule has 9 heteroatoms. The largest absolute Gasteiger partial charge is 0.497 e. The highest BCUT2D eigenvalue weighted by atomic mass is 35.5. The van der Waals surface area contributed by atoms with Crippen LogP contribution in [0.4, 0.5) is 5.69 Å². The zero-order chi connectivity index (χ0) is 20.3. The molecule has 0 saturated carbocycles. The van der Waals surface area contributed by atoms with E-state index in [9.17, 15) is 8.42 Å². The van der Waals surface area contributed by atoms with Crippen molar-refractivity contribution in [2.75, 3.05) is 18.4 Å². The van der Waals surface area contributed by atoms with Crippen LogP contribution in [-0.4, -0.2) is 31.9 Å². The van der Waals surface area contributed by atoms with E-state index in [2.05, 4.69) is 16.4 Å². The van der Waals surface area contributed by atoms with Crippen LogP contribution in [0.2, 0.25) is 5.15 Å². The summed E-state index contributed by atoms with van der Waals surface area (Å²) in [5, 5.41) is 5.05. The smallest absolute Gasteiger partial charge is 0.262 e. The summed E-state index contributed by atoms with van der Waals surface area (Å²) in [6.45, 7) is 6.31. The zero-order valence-electron chi connectivity index (χ0n) is 15.5. The monoisotopic (exact) mass is 421 g/mol. The number of nitrogens with zero attached hydrogens (tertiary/aromatic N) is 2. The van der Waals surface area contributed by atoms with E-state index in [1.54, 1.807) is 35.0 Å². The predicted octanol–water partition coefficient (Wildman–Crippen LogP) is 4.08. The number of benzene rings is 2. The normalized spacial score (nSPS) is 11.4. The van der Waals surface area contributed by atoms with Gasteiger partial charge >= 0.3 is 0 Å². The van der Waals surface area contributed by atoms with Crippen molar-refractivity contribution in [3.63, 3.8) is 0 Å².